The number of rotatable bonds is 4. The van der Waals surface area contributed by atoms with Crippen LogP contribution >= 0.6 is 11.3 Å². The Morgan fingerprint density at radius 3 is 2.80 bits per heavy atom. The third-order valence-electron chi connectivity index (χ3n) is 2.01. The smallest absolute Gasteiger partial charge is 0.208 e. The van der Waals surface area contributed by atoms with E-state index in [1.165, 1.54) is 11.3 Å². The Morgan fingerprint density at radius 2 is 2.33 bits per heavy atom. The van der Waals surface area contributed by atoms with Gasteiger partial charge in [0.1, 0.15) is 10.8 Å². The molecule has 1 heterocycles. The lowest BCUT2D eigenvalue weighted by molar-refractivity contribution is 0.314. The molecule has 0 aliphatic rings. The van der Waals surface area contributed by atoms with Crippen LogP contribution in [0.5, 0.6) is 0 Å². The largest absolute Gasteiger partial charge is 0.409 e. The summed E-state index contributed by atoms with van der Waals surface area (Å²) in [5.74, 6) is 0.201. The van der Waals surface area contributed by atoms with Gasteiger partial charge < -0.3 is 15.8 Å². The van der Waals surface area contributed by atoms with Gasteiger partial charge in [0.05, 0.1) is 0 Å². The van der Waals surface area contributed by atoms with Crippen LogP contribution in [0.25, 0.3) is 0 Å². The molecule has 1 aromatic heterocycles. The summed E-state index contributed by atoms with van der Waals surface area (Å²) in [6, 6.07) is 0. The van der Waals surface area contributed by atoms with Crippen molar-refractivity contribution in [1.29, 1.82) is 0 Å². The number of aryl methyl sites for hydroxylation is 1. The van der Waals surface area contributed by atoms with E-state index in [4.69, 9.17) is 10.9 Å². The van der Waals surface area contributed by atoms with Gasteiger partial charge >= 0.3 is 0 Å². The molecule has 0 aliphatic heterocycles. The highest BCUT2D eigenvalue weighted by Gasteiger charge is 2.13. The van der Waals surface area contributed by atoms with Crippen LogP contribution in [0, 0.1) is 12.8 Å². The lowest BCUT2D eigenvalue weighted by atomic mass is 10.1. The minimum atomic E-state index is -0.0239. The van der Waals surface area contributed by atoms with Gasteiger partial charge in [-0.05, 0) is 6.92 Å². The number of aromatic nitrogens is 2. The Hall–Kier alpha value is -1.37. The molecule has 1 aromatic rings. The van der Waals surface area contributed by atoms with Gasteiger partial charge in [-0.1, -0.05) is 23.4 Å². The predicted octanol–water partition coefficient (Wildman–Crippen LogP) is 0.665. The first-order chi connectivity index (χ1) is 7.04. The molecule has 15 heavy (non-hydrogen) atoms. The van der Waals surface area contributed by atoms with Gasteiger partial charge in [0, 0.05) is 19.5 Å². The van der Waals surface area contributed by atoms with Crippen LogP contribution in [0.4, 0.5) is 5.13 Å². The lowest BCUT2D eigenvalue weighted by Gasteiger charge is -2.19. The number of hydrogen-bond donors (Lipinski definition) is 2. The Morgan fingerprint density at radius 1 is 1.67 bits per heavy atom. The molecule has 7 heteroatoms. The van der Waals surface area contributed by atoms with Gasteiger partial charge in [0.25, 0.3) is 0 Å². The SMILES string of the molecule is Cc1nnc(N(C)CC(C)C(N)=NO)s1. The highest BCUT2D eigenvalue weighted by Crippen LogP contribution is 2.18. The van der Waals surface area contributed by atoms with E-state index in [-0.39, 0.29) is 11.8 Å². The van der Waals surface area contributed by atoms with E-state index in [0.29, 0.717) is 6.54 Å². The van der Waals surface area contributed by atoms with Crippen molar-refractivity contribution < 1.29 is 5.21 Å². The number of hydrogen-bond acceptors (Lipinski definition) is 6. The van der Waals surface area contributed by atoms with Gasteiger partial charge in [-0.25, -0.2) is 0 Å². The number of oxime groups is 1. The zero-order valence-corrected chi connectivity index (χ0v) is 9.82. The summed E-state index contributed by atoms with van der Waals surface area (Å²) >= 11 is 1.52. The van der Waals surface area contributed by atoms with E-state index >= 15 is 0 Å². The summed E-state index contributed by atoms with van der Waals surface area (Å²) in [4.78, 5) is 1.94. The first-order valence-electron chi connectivity index (χ1n) is 4.53. The molecular formula is C8H15N5OS. The van der Waals surface area contributed by atoms with E-state index in [1.54, 1.807) is 0 Å². The Bertz CT molecular complexity index is 351. The highest BCUT2D eigenvalue weighted by atomic mass is 32.1. The minimum Gasteiger partial charge on any atom is -0.409 e. The Kier molecular flexibility index (Phi) is 3.84. The van der Waals surface area contributed by atoms with Gasteiger partial charge in [-0.15, -0.1) is 10.2 Å². The molecule has 84 valence electrons. The summed E-state index contributed by atoms with van der Waals surface area (Å²) < 4.78 is 0. The average Bonchev–Trinajstić information content (AvgIpc) is 2.63. The van der Waals surface area contributed by atoms with Crippen molar-refractivity contribution in [2.24, 2.45) is 16.8 Å². The zero-order chi connectivity index (χ0) is 11.4. The van der Waals surface area contributed by atoms with Crippen LogP contribution < -0.4 is 10.6 Å². The summed E-state index contributed by atoms with van der Waals surface area (Å²) in [6.45, 7) is 4.44. The molecule has 0 fully saturated rings. The van der Waals surface area contributed by atoms with E-state index in [9.17, 15) is 0 Å². The second-order valence-electron chi connectivity index (χ2n) is 3.41. The molecule has 0 aromatic carbocycles. The quantitative estimate of drug-likeness (QED) is 0.343. The normalized spacial score (nSPS) is 13.9. The topological polar surface area (TPSA) is 87.6 Å². The van der Waals surface area contributed by atoms with Crippen molar-refractivity contribution in [3.05, 3.63) is 5.01 Å². The highest BCUT2D eigenvalue weighted by molar-refractivity contribution is 7.15. The van der Waals surface area contributed by atoms with Crippen molar-refractivity contribution in [3.8, 4) is 0 Å². The van der Waals surface area contributed by atoms with E-state index in [1.807, 2.05) is 25.8 Å². The van der Waals surface area contributed by atoms with Gasteiger partial charge in [0.15, 0.2) is 0 Å². The monoisotopic (exact) mass is 229 g/mol. The maximum absolute atomic E-state index is 8.51. The summed E-state index contributed by atoms with van der Waals surface area (Å²) in [5, 5.41) is 21.2. The standard InChI is InChI=1S/C8H15N5OS/c1-5(7(9)12-14)4-13(3)8-11-10-6(2)15-8/h5,14H,4H2,1-3H3,(H2,9,12). The number of anilines is 1. The van der Waals surface area contributed by atoms with E-state index in [2.05, 4.69) is 15.4 Å². The minimum absolute atomic E-state index is 0.0239. The van der Waals surface area contributed by atoms with E-state index in [0.717, 1.165) is 10.1 Å². The van der Waals surface area contributed by atoms with Crippen LogP contribution in [0.15, 0.2) is 5.16 Å². The Balaban J connectivity index is 2.59. The summed E-state index contributed by atoms with van der Waals surface area (Å²) in [7, 11) is 1.90. The summed E-state index contributed by atoms with van der Waals surface area (Å²) in [6.07, 6.45) is 0. The van der Waals surface area contributed by atoms with Crippen molar-refractivity contribution in [2.75, 3.05) is 18.5 Å². The Labute approximate surface area is 92.4 Å². The molecule has 0 radical (unpaired) electrons. The average molecular weight is 229 g/mol. The summed E-state index contributed by atoms with van der Waals surface area (Å²) in [5.41, 5.74) is 5.49. The molecule has 6 nitrogen and oxygen atoms in total. The van der Waals surface area contributed by atoms with Crippen LogP contribution in [0.2, 0.25) is 0 Å². The first kappa shape index (κ1) is 11.7. The maximum atomic E-state index is 8.51. The second-order valence-corrected chi connectivity index (χ2v) is 4.57. The first-order valence-corrected chi connectivity index (χ1v) is 5.35. The number of nitrogens with zero attached hydrogens (tertiary/aromatic N) is 4. The van der Waals surface area contributed by atoms with Gasteiger partial charge in [0.2, 0.25) is 5.13 Å². The molecular weight excluding hydrogens is 214 g/mol. The van der Waals surface area contributed by atoms with Crippen LogP contribution in [0.3, 0.4) is 0 Å². The molecule has 0 aliphatic carbocycles. The van der Waals surface area contributed by atoms with Crippen LogP contribution in [-0.4, -0.2) is 34.8 Å². The number of nitrogens with two attached hydrogens (primary N) is 1. The molecule has 1 unspecified atom stereocenters. The third-order valence-corrected chi connectivity index (χ3v) is 2.96. The zero-order valence-electron chi connectivity index (χ0n) is 9.01. The molecule has 0 saturated carbocycles. The van der Waals surface area contributed by atoms with Crippen molar-refractivity contribution in [1.82, 2.24) is 10.2 Å². The fourth-order valence-electron chi connectivity index (χ4n) is 1.12. The molecule has 0 bridgehead atoms. The molecule has 1 atom stereocenters. The maximum Gasteiger partial charge on any atom is 0.208 e. The molecule has 3 N–H and O–H groups in total. The van der Waals surface area contributed by atoms with Gasteiger partial charge in [-0.3, -0.25) is 0 Å². The lowest BCUT2D eigenvalue weighted by Crippen LogP contribution is -2.32. The fourth-order valence-corrected chi connectivity index (χ4v) is 1.78. The van der Waals surface area contributed by atoms with Crippen LogP contribution in [-0.2, 0) is 0 Å². The molecule has 1 rings (SSSR count). The van der Waals surface area contributed by atoms with E-state index < -0.39 is 0 Å². The molecule has 0 amide bonds. The molecule has 0 spiro atoms. The third kappa shape index (κ3) is 3.05. The van der Waals surface area contributed by atoms with Crippen molar-refractivity contribution in [2.45, 2.75) is 13.8 Å². The molecule has 0 saturated heterocycles. The number of amidine groups is 1. The van der Waals surface area contributed by atoms with Crippen molar-refractivity contribution >= 4 is 22.3 Å². The fraction of sp³-hybridized carbons (Fsp3) is 0.625. The van der Waals surface area contributed by atoms with Gasteiger partial charge in [-0.2, -0.15) is 0 Å². The van der Waals surface area contributed by atoms with Crippen molar-refractivity contribution in [3.63, 3.8) is 0 Å². The van der Waals surface area contributed by atoms with Crippen LogP contribution in [0.1, 0.15) is 11.9 Å². The predicted molar refractivity (Wildman–Crippen MR) is 60.5 cm³/mol. The second kappa shape index (κ2) is 4.92.